The highest BCUT2D eigenvalue weighted by atomic mass is 16.5. The second-order valence-electron chi connectivity index (χ2n) is 7.79. The first kappa shape index (κ1) is 23.5. The highest BCUT2D eigenvalue weighted by molar-refractivity contribution is 5.91. The van der Waals surface area contributed by atoms with Crippen LogP contribution in [-0.2, 0) is 16.0 Å². The smallest absolute Gasteiger partial charge is 0.331 e. The highest BCUT2D eigenvalue weighted by Gasteiger charge is 2.10. The molecule has 0 fully saturated rings. The summed E-state index contributed by atoms with van der Waals surface area (Å²) in [6, 6.07) is 16.0. The van der Waals surface area contributed by atoms with E-state index in [9.17, 15) is 9.90 Å². The third-order valence-electron chi connectivity index (χ3n) is 5.49. The Balaban J connectivity index is 1.82. The molecule has 1 unspecified atom stereocenters. The Morgan fingerprint density at radius 3 is 2.43 bits per heavy atom. The van der Waals surface area contributed by atoms with Crippen LogP contribution in [-0.4, -0.2) is 30.8 Å². The molecule has 0 amide bonds. The molecule has 1 atom stereocenters. The normalized spacial score (nSPS) is 12.5. The van der Waals surface area contributed by atoms with Gasteiger partial charge in [-0.15, -0.1) is 0 Å². The molecule has 2 aromatic carbocycles. The van der Waals surface area contributed by atoms with Crippen molar-refractivity contribution in [3.8, 4) is 5.75 Å². The average Bonchev–Trinajstić information content (AvgIpc) is 2.74. The fourth-order valence-electron chi connectivity index (χ4n) is 3.50. The van der Waals surface area contributed by atoms with Crippen LogP contribution in [0.15, 0.2) is 54.6 Å². The number of aryl methyl sites for hydroxylation is 1. The van der Waals surface area contributed by atoms with Gasteiger partial charge in [-0.2, -0.15) is 0 Å². The van der Waals surface area contributed by atoms with Gasteiger partial charge >= 0.3 is 5.97 Å². The van der Waals surface area contributed by atoms with Crippen LogP contribution in [0.5, 0.6) is 5.75 Å². The van der Waals surface area contributed by atoms with E-state index in [2.05, 4.69) is 49.9 Å². The van der Waals surface area contributed by atoms with Gasteiger partial charge < -0.3 is 14.7 Å². The summed E-state index contributed by atoms with van der Waals surface area (Å²) in [4.78, 5) is 14.3. The second-order valence-corrected chi connectivity index (χ2v) is 7.79. The lowest BCUT2D eigenvalue weighted by atomic mass is 9.99. The maximum absolute atomic E-state index is 12.2. The highest BCUT2D eigenvalue weighted by Crippen LogP contribution is 2.29. The molecule has 4 nitrogen and oxygen atoms in total. The molecule has 0 saturated carbocycles. The molecule has 162 valence electrons. The minimum absolute atomic E-state index is 0.176. The molecule has 2 rings (SSSR count). The summed E-state index contributed by atoms with van der Waals surface area (Å²) in [5, 5.41) is 10.4. The van der Waals surface area contributed by atoms with Crippen molar-refractivity contribution in [1.82, 2.24) is 0 Å². The van der Waals surface area contributed by atoms with Crippen LogP contribution < -0.4 is 4.90 Å². The van der Waals surface area contributed by atoms with Crippen LogP contribution in [0.3, 0.4) is 0 Å². The molecule has 0 aromatic heterocycles. The van der Waals surface area contributed by atoms with E-state index < -0.39 is 0 Å². The molecule has 30 heavy (non-hydrogen) atoms. The van der Waals surface area contributed by atoms with Gasteiger partial charge in [-0.05, 0) is 69.2 Å². The van der Waals surface area contributed by atoms with E-state index in [-0.39, 0.29) is 11.7 Å². The van der Waals surface area contributed by atoms with Crippen LogP contribution in [0, 0.1) is 5.92 Å². The van der Waals surface area contributed by atoms with Gasteiger partial charge in [-0.25, -0.2) is 4.79 Å². The number of allylic oxidation sites excluding steroid dienone is 1. The van der Waals surface area contributed by atoms with Crippen molar-refractivity contribution in [2.24, 2.45) is 5.92 Å². The lowest BCUT2D eigenvalue weighted by molar-refractivity contribution is -0.138. The summed E-state index contributed by atoms with van der Waals surface area (Å²) in [6.45, 7) is 10.3. The fourth-order valence-corrected chi connectivity index (χ4v) is 3.50. The summed E-state index contributed by atoms with van der Waals surface area (Å²) >= 11 is 0. The number of carbonyl (C=O) groups is 1. The first-order valence-corrected chi connectivity index (χ1v) is 10.9. The summed E-state index contributed by atoms with van der Waals surface area (Å²) in [5.74, 6) is 0.296. The van der Waals surface area contributed by atoms with E-state index in [4.69, 9.17) is 4.74 Å². The molecule has 0 saturated heterocycles. The molecule has 0 heterocycles. The molecule has 0 aliphatic heterocycles. The first-order chi connectivity index (χ1) is 14.4. The number of ether oxygens (including phenoxy) is 1. The van der Waals surface area contributed by atoms with Crippen molar-refractivity contribution in [3.05, 3.63) is 65.7 Å². The summed E-state index contributed by atoms with van der Waals surface area (Å²) < 4.78 is 5.39. The van der Waals surface area contributed by atoms with Crippen LogP contribution >= 0.6 is 0 Å². The summed E-state index contributed by atoms with van der Waals surface area (Å²) in [5.41, 5.74) is 3.66. The number of benzene rings is 2. The third kappa shape index (κ3) is 7.25. The Morgan fingerprint density at radius 2 is 1.80 bits per heavy atom. The molecule has 2 aromatic rings. The number of aromatic hydroxyl groups is 1. The second kappa shape index (κ2) is 12.1. The van der Waals surface area contributed by atoms with E-state index in [1.807, 2.05) is 25.1 Å². The number of carbonyl (C=O) groups excluding carboxylic acids is 1. The van der Waals surface area contributed by atoms with Gasteiger partial charge in [0.15, 0.2) is 0 Å². The maximum Gasteiger partial charge on any atom is 0.331 e. The van der Waals surface area contributed by atoms with Gasteiger partial charge in [-0.3, -0.25) is 0 Å². The maximum atomic E-state index is 12.2. The Morgan fingerprint density at radius 1 is 1.10 bits per heavy atom. The Kier molecular flexibility index (Phi) is 9.46. The van der Waals surface area contributed by atoms with Crippen LogP contribution in [0.25, 0.3) is 5.57 Å². The van der Waals surface area contributed by atoms with E-state index in [1.165, 1.54) is 11.6 Å². The molecule has 0 aliphatic rings. The molecular formula is C26H35NO3. The topological polar surface area (TPSA) is 49.8 Å². The van der Waals surface area contributed by atoms with Crippen LogP contribution in [0.2, 0.25) is 0 Å². The largest absolute Gasteiger partial charge is 0.507 e. The first-order valence-electron chi connectivity index (χ1n) is 10.9. The molecule has 0 spiro atoms. The number of hydrogen-bond donors (Lipinski definition) is 1. The molecule has 1 N–H and O–H groups in total. The Labute approximate surface area is 181 Å². The quantitative estimate of drug-likeness (QED) is 0.374. The summed E-state index contributed by atoms with van der Waals surface area (Å²) in [6.07, 6.45) is 4.41. The number of anilines is 1. The van der Waals surface area contributed by atoms with Crippen molar-refractivity contribution in [2.75, 3.05) is 24.6 Å². The van der Waals surface area contributed by atoms with Crippen molar-refractivity contribution >= 4 is 17.2 Å². The number of phenolic OH excluding ortho intramolecular Hbond substituents is 1. The van der Waals surface area contributed by atoms with E-state index in [0.717, 1.165) is 38.0 Å². The zero-order valence-corrected chi connectivity index (χ0v) is 18.7. The zero-order chi connectivity index (χ0) is 21.9. The Hall–Kier alpha value is -2.75. The zero-order valence-electron chi connectivity index (χ0n) is 18.7. The van der Waals surface area contributed by atoms with E-state index in [1.54, 1.807) is 6.07 Å². The summed E-state index contributed by atoms with van der Waals surface area (Å²) in [7, 11) is 0. The molecule has 0 aliphatic carbocycles. The minimum atomic E-state index is -0.366. The predicted molar refractivity (Wildman–Crippen MR) is 125 cm³/mol. The predicted octanol–water partition coefficient (Wildman–Crippen LogP) is 5.84. The minimum Gasteiger partial charge on any atom is -0.507 e. The van der Waals surface area contributed by atoms with Gasteiger partial charge in [0, 0.05) is 36.5 Å². The number of nitrogens with zero attached hydrogens (tertiary/aromatic N) is 1. The van der Waals surface area contributed by atoms with Gasteiger partial charge in [0.05, 0.1) is 6.61 Å². The standard InChI is InChI=1S/C26H35NO3/c1-5-27(6-2)23-14-15-24(25(28)19-23)21(4)18-26(29)30-17-16-20(3)12-13-22-10-8-7-9-11-22/h7-11,14-15,18-20,28H,5-6,12-13,16-17H2,1-4H3. The average molecular weight is 410 g/mol. The van der Waals surface area contributed by atoms with Gasteiger partial charge in [0.25, 0.3) is 0 Å². The van der Waals surface area contributed by atoms with Crippen molar-refractivity contribution < 1.29 is 14.6 Å². The van der Waals surface area contributed by atoms with Gasteiger partial charge in [0.2, 0.25) is 0 Å². The number of hydrogen-bond acceptors (Lipinski definition) is 4. The third-order valence-corrected chi connectivity index (χ3v) is 5.49. The van der Waals surface area contributed by atoms with Gasteiger partial charge in [-0.1, -0.05) is 37.3 Å². The number of esters is 1. The number of rotatable bonds is 11. The van der Waals surface area contributed by atoms with Gasteiger partial charge in [0.1, 0.15) is 5.75 Å². The molecule has 0 bridgehead atoms. The number of phenols is 1. The van der Waals surface area contributed by atoms with Crippen LogP contribution in [0.1, 0.15) is 51.7 Å². The molecular weight excluding hydrogens is 374 g/mol. The van der Waals surface area contributed by atoms with E-state index >= 15 is 0 Å². The van der Waals surface area contributed by atoms with Crippen molar-refractivity contribution in [1.29, 1.82) is 0 Å². The Bertz CT molecular complexity index is 825. The van der Waals surface area contributed by atoms with Crippen LogP contribution in [0.4, 0.5) is 5.69 Å². The van der Waals surface area contributed by atoms with E-state index in [0.29, 0.717) is 23.7 Å². The lowest BCUT2D eigenvalue weighted by Crippen LogP contribution is -2.21. The monoisotopic (exact) mass is 409 g/mol. The lowest BCUT2D eigenvalue weighted by Gasteiger charge is -2.21. The fraction of sp³-hybridized carbons (Fsp3) is 0.423. The van der Waals surface area contributed by atoms with Crippen molar-refractivity contribution in [3.63, 3.8) is 0 Å². The molecule has 0 radical (unpaired) electrons. The molecule has 4 heteroatoms. The van der Waals surface area contributed by atoms with Crippen molar-refractivity contribution in [2.45, 2.75) is 47.0 Å². The SMILES string of the molecule is CCN(CC)c1ccc(C(C)=CC(=O)OCCC(C)CCc2ccccc2)c(O)c1.